The molecule has 0 saturated carbocycles. The number of carbonyl (C=O) groups is 2. The van der Waals surface area contributed by atoms with E-state index in [1.807, 2.05) is 14.1 Å². The third-order valence-corrected chi connectivity index (χ3v) is 3.06. The van der Waals surface area contributed by atoms with Crippen LogP contribution in [0, 0.1) is 5.41 Å². The summed E-state index contributed by atoms with van der Waals surface area (Å²) in [6.07, 6.45) is 3.18. The molecule has 1 aromatic rings. The van der Waals surface area contributed by atoms with E-state index >= 15 is 0 Å². The van der Waals surface area contributed by atoms with E-state index in [0.29, 0.717) is 16.9 Å². The lowest BCUT2D eigenvalue weighted by molar-refractivity contribution is -0.154. The van der Waals surface area contributed by atoms with Crippen LogP contribution < -0.4 is 4.74 Å². The highest BCUT2D eigenvalue weighted by molar-refractivity contribution is 6.04. The summed E-state index contributed by atoms with van der Waals surface area (Å²) in [6, 6.07) is 5.09. The van der Waals surface area contributed by atoms with Crippen molar-refractivity contribution >= 4 is 11.8 Å². The van der Waals surface area contributed by atoms with E-state index in [1.165, 1.54) is 13.2 Å². The zero-order chi connectivity index (χ0) is 17.6. The maximum atomic E-state index is 12.1. The van der Waals surface area contributed by atoms with E-state index in [4.69, 9.17) is 9.47 Å². The molecule has 0 heterocycles. The number of ether oxygens (including phenoxy) is 2. The maximum Gasteiger partial charge on any atom is 0.311 e. The van der Waals surface area contributed by atoms with Crippen LogP contribution in [-0.4, -0.2) is 37.9 Å². The van der Waals surface area contributed by atoms with E-state index < -0.39 is 5.41 Å². The first-order chi connectivity index (χ1) is 10.6. The largest absolute Gasteiger partial charge is 0.496 e. The van der Waals surface area contributed by atoms with Gasteiger partial charge in [0.15, 0.2) is 5.78 Å². The maximum absolute atomic E-state index is 12.1. The Balaban J connectivity index is 2.95. The first-order valence-electron chi connectivity index (χ1n) is 7.38. The average Bonchev–Trinajstić information content (AvgIpc) is 2.48. The zero-order valence-corrected chi connectivity index (χ0v) is 14.7. The summed E-state index contributed by atoms with van der Waals surface area (Å²) in [7, 11) is 5.22. The van der Waals surface area contributed by atoms with Gasteiger partial charge in [-0.25, -0.2) is 0 Å². The lowest BCUT2D eigenvalue weighted by atomic mass is 9.97. The topological polar surface area (TPSA) is 55.8 Å². The fraction of sp³-hybridized carbons (Fsp3) is 0.444. The molecule has 23 heavy (non-hydrogen) atoms. The molecule has 0 aliphatic rings. The summed E-state index contributed by atoms with van der Waals surface area (Å²) >= 11 is 0. The molecule has 0 aliphatic carbocycles. The molecule has 0 spiro atoms. The fourth-order valence-electron chi connectivity index (χ4n) is 1.72. The molecule has 0 amide bonds. The summed E-state index contributed by atoms with van der Waals surface area (Å²) in [5.41, 5.74) is 0.606. The van der Waals surface area contributed by atoms with Crippen LogP contribution in [0.1, 0.15) is 36.7 Å². The van der Waals surface area contributed by atoms with E-state index in [0.717, 1.165) is 0 Å². The Hall–Kier alpha value is -2.30. The van der Waals surface area contributed by atoms with Crippen molar-refractivity contribution in [3.05, 3.63) is 41.6 Å². The van der Waals surface area contributed by atoms with Crippen LogP contribution in [0.4, 0.5) is 0 Å². The van der Waals surface area contributed by atoms with Crippen molar-refractivity contribution in [3.8, 4) is 5.75 Å². The first-order valence-corrected chi connectivity index (χ1v) is 7.38. The molecule has 5 heteroatoms. The number of hydrogen-bond donors (Lipinski definition) is 0. The van der Waals surface area contributed by atoms with Gasteiger partial charge in [0.05, 0.1) is 12.5 Å². The number of esters is 1. The minimum absolute atomic E-state index is 0.0673. The van der Waals surface area contributed by atoms with E-state index in [2.05, 4.69) is 0 Å². The highest BCUT2D eigenvalue weighted by atomic mass is 16.5. The van der Waals surface area contributed by atoms with Crippen molar-refractivity contribution in [2.75, 3.05) is 21.2 Å². The molecule has 0 unspecified atom stereocenters. The lowest BCUT2D eigenvalue weighted by Crippen LogP contribution is -2.22. The molecule has 1 aromatic carbocycles. The van der Waals surface area contributed by atoms with Crippen molar-refractivity contribution in [1.82, 2.24) is 4.90 Å². The molecule has 0 saturated heterocycles. The standard InChI is InChI=1S/C18H25NO4/c1-18(2,3)17(21)23-12-14-11-13(7-8-16(14)22-6)15(20)9-10-19(4)5/h7-11H,12H2,1-6H3/b10-9+. The molecule has 126 valence electrons. The quantitative estimate of drug-likeness (QED) is 0.458. The zero-order valence-electron chi connectivity index (χ0n) is 14.7. The van der Waals surface area contributed by atoms with Crippen LogP contribution in [0.5, 0.6) is 5.75 Å². The van der Waals surface area contributed by atoms with Crippen LogP contribution >= 0.6 is 0 Å². The summed E-state index contributed by atoms with van der Waals surface area (Å²) in [5.74, 6) is 0.161. The number of hydrogen-bond acceptors (Lipinski definition) is 5. The van der Waals surface area contributed by atoms with Gasteiger partial charge in [-0.1, -0.05) is 0 Å². The van der Waals surface area contributed by atoms with Crippen LogP contribution in [0.2, 0.25) is 0 Å². The number of nitrogens with zero attached hydrogens (tertiary/aromatic N) is 1. The first kappa shape index (κ1) is 18.7. The van der Waals surface area contributed by atoms with Gasteiger partial charge >= 0.3 is 5.97 Å². The Bertz CT molecular complexity index is 598. The Morgan fingerprint density at radius 2 is 1.87 bits per heavy atom. The van der Waals surface area contributed by atoms with Gasteiger partial charge in [-0.05, 0) is 39.0 Å². The second kappa shape index (κ2) is 7.81. The number of methoxy groups -OCH3 is 1. The molecule has 0 bridgehead atoms. The van der Waals surface area contributed by atoms with Crippen LogP contribution in [0.25, 0.3) is 0 Å². The molecule has 0 fully saturated rings. The molecular weight excluding hydrogens is 294 g/mol. The van der Waals surface area contributed by atoms with Crippen molar-refractivity contribution in [1.29, 1.82) is 0 Å². The molecule has 0 N–H and O–H groups in total. The van der Waals surface area contributed by atoms with Gasteiger partial charge in [-0.15, -0.1) is 0 Å². The van der Waals surface area contributed by atoms with Gasteiger partial charge < -0.3 is 14.4 Å². The molecule has 0 radical (unpaired) electrons. The third kappa shape index (κ3) is 5.77. The van der Waals surface area contributed by atoms with Gasteiger partial charge in [-0.3, -0.25) is 9.59 Å². The Morgan fingerprint density at radius 3 is 2.39 bits per heavy atom. The summed E-state index contributed by atoms with van der Waals surface area (Å²) in [6.45, 7) is 5.44. The average molecular weight is 319 g/mol. The lowest BCUT2D eigenvalue weighted by Gasteiger charge is -2.17. The molecular formula is C18H25NO4. The molecule has 0 aliphatic heterocycles. The molecule has 5 nitrogen and oxygen atoms in total. The highest BCUT2D eigenvalue weighted by Crippen LogP contribution is 2.23. The predicted octanol–water partition coefficient (Wildman–Crippen LogP) is 3.04. The number of benzene rings is 1. The second-order valence-electron chi connectivity index (χ2n) is 6.50. The Kier molecular flexibility index (Phi) is 6.37. The van der Waals surface area contributed by atoms with Crippen molar-refractivity contribution in [2.24, 2.45) is 5.41 Å². The Morgan fingerprint density at radius 1 is 1.22 bits per heavy atom. The van der Waals surface area contributed by atoms with E-state index in [9.17, 15) is 9.59 Å². The van der Waals surface area contributed by atoms with Gasteiger partial charge in [0.1, 0.15) is 12.4 Å². The van der Waals surface area contributed by atoms with Gasteiger partial charge in [0, 0.05) is 37.5 Å². The SMILES string of the molecule is COc1ccc(C(=O)/C=C/N(C)C)cc1COC(=O)C(C)(C)C. The van der Waals surface area contributed by atoms with Crippen LogP contribution in [0.15, 0.2) is 30.5 Å². The molecule has 0 atom stereocenters. The Labute approximate surface area is 137 Å². The normalized spacial score (nSPS) is 11.4. The molecule has 1 rings (SSSR count). The van der Waals surface area contributed by atoms with E-state index in [-0.39, 0.29) is 18.4 Å². The second-order valence-corrected chi connectivity index (χ2v) is 6.50. The van der Waals surface area contributed by atoms with Crippen LogP contribution in [0.3, 0.4) is 0 Å². The fourth-order valence-corrected chi connectivity index (χ4v) is 1.72. The number of carbonyl (C=O) groups excluding carboxylic acids is 2. The summed E-state index contributed by atoms with van der Waals surface area (Å²) in [5, 5.41) is 0. The van der Waals surface area contributed by atoms with Gasteiger partial charge in [-0.2, -0.15) is 0 Å². The minimum atomic E-state index is -0.574. The van der Waals surface area contributed by atoms with Gasteiger partial charge in [0.25, 0.3) is 0 Å². The monoisotopic (exact) mass is 319 g/mol. The summed E-state index contributed by atoms with van der Waals surface area (Å²) < 4.78 is 10.6. The number of ketones is 1. The van der Waals surface area contributed by atoms with Crippen molar-refractivity contribution < 1.29 is 19.1 Å². The van der Waals surface area contributed by atoms with Crippen LogP contribution in [-0.2, 0) is 16.1 Å². The smallest absolute Gasteiger partial charge is 0.311 e. The van der Waals surface area contributed by atoms with Gasteiger partial charge in [0.2, 0.25) is 0 Å². The summed E-state index contributed by atoms with van der Waals surface area (Å²) in [4.78, 5) is 25.8. The predicted molar refractivity (Wildman–Crippen MR) is 89.4 cm³/mol. The van der Waals surface area contributed by atoms with E-state index in [1.54, 1.807) is 50.1 Å². The molecule has 0 aromatic heterocycles. The number of allylic oxidation sites excluding steroid dienone is 1. The highest BCUT2D eigenvalue weighted by Gasteiger charge is 2.23. The van der Waals surface area contributed by atoms with Crippen molar-refractivity contribution in [3.63, 3.8) is 0 Å². The number of rotatable bonds is 6. The van der Waals surface area contributed by atoms with Crippen molar-refractivity contribution in [2.45, 2.75) is 27.4 Å². The minimum Gasteiger partial charge on any atom is -0.496 e. The third-order valence-electron chi connectivity index (χ3n) is 3.06.